The Hall–Kier alpha value is -2.81. The van der Waals surface area contributed by atoms with Crippen LogP contribution in [0.15, 0.2) is 85.1 Å². The molecule has 2 atom stereocenters. The van der Waals surface area contributed by atoms with E-state index in [9.17, 15) is 19.0 Å². The first kappa shape index (κ1) is 72.2. The zero-order chi connectivity index (χ0) is 54.5. The van der Waals surface area contributed by atoms with Crippen LogP contribution in [-0.2, 0) is 32.7 Å². The van der Waals surface area contributed by atoms with Gasteiger partial charge in [-0.05, 0) is 70.6 Å². The molecule has 0 heterocycles. The number of carbonyl (C=O) groups is 2. The predicted octanol–water partition coefficient (Wildman–Crippen LogP) is 19.9. The largest absolute Gasteiger partial charge is 0.472 e. The van der Waals surface area contributed by atoms with Crippen molar-refractivity contribution < 1.29 is 37.6 Å². The van der Waals surface area contributed by atoms with Gasteiger partial charge < -0.3 is 20.1 Å². The molecule has 0 bridgehead atoms. The smallest absolute Gasteiger partial charge is 0.462 e. The van der Waals surface area contributed by atoms with Crippen molar-refractivity contribution in [1.29, 1.82) is 0 Å². The normalized spacial score (nSPS) is 13.6. The van der Waals surface area contributed by atoms with Crippen molar-refractivity contribution in [2.75, 3.05) is 26.4 Å². The third-order valence-electron chi connectivity index (χ3n) is 13.3. The third kappa shape index (κ3) is 60.3. The Morgan fingerprint density at radius 2 is 0.733 bits per heavy atom. The number of unbranched alkanes of at least 4 members (excludes halogenated alkanes) is 31. The standard InChI is InChI=1S/C65H116NO8P/c1-3-5-7-9-11-13-15-17-18-19-20-21-22-23-24-25-26-27-28-29-30-31-32-33-34-35-36-37-38-39-40-41-42-43-44-46-48-50-52-54-56-58-65(68)74-63(62-73-75(69,70)72-60-59-66)61-71-64(67)57-55-53-51-49-47-45-16-14-12-10-8-6-4-2/h5,7,11,13,17-18,20-21,23-24,26-27,29-30,63H,3-4,6,8-10,12,14-16,19,22,25,28,31-62,66H2,1-2H3,(H,69,70)/b7-5-,13-11-,18-17-,21-20-,24-23-,27-26-,30-29-. The van der Waals surface area contributed by atoms with Crippen molar-refractivity contribution in [3.63, 3.8) is 0 Å². The number of ether oxygens (including phenoxy) is 2. The zero-order valence-electron chi connectivity index (χ0n) is 48.5. The van der Waals surface area contributed by atoms with Gasteiger partial charge in [-0.3, -0.25) is 18.6 Å². The first-order chi connectivity index (χ1) is 36.8. The average Bonchev–Trinajstić information content (AvgIpc) is 3.40. The first-order valence-electron chi connectivity index (χ1n) is 31.1. The summed E-state index contributed by atoms with van der Waals surface area (Å²) in [5.41, 5.74) is 5.38. The molecule has 0 aromatic heterocycles. The van der Waals surface area contributed by atoms with Gasteiger partial charge in [-0.15, -0.1) is 0 Å². The van der Waals surface area contributed by atoms with Crippen LogP contribution in [0, 0.1) is 0 Å². The minimum Gasteiger partial charge on any atom is -0.462 e. The molecule has 0 aliphatic rings. The summed E-state index contributed by atoms with van der Waals surface area (Å²) in [6.07, 6.45) is 79.5. The highest BCUT2D eigenvalue weighted by Crippen LogP contribution is 2.43. The van der Waals surface area contributed by atoms with E-state index in [4.69, 9.17) is 24.3 Å². The molecule has 0 fully saturated rings. The van der Waals surface area contributed by atoms with Gasteiger partial charge in [0.15, 0.2) is 6.10 Å². The van der Waals surface area contributed by atoms with E-state index in [0.29, 0.717) is 6.42 Å². The topological polar surface area (TPSA) is 134 Å². The molecule has 75 heavy (non-hydrogen) atoms. The highest BCUT2D eigenvalue weighted by atomic mass is 31.2. The number of phosphoric acid groups is 1. The Morgan fingerprint density at radius 1 is 0.413 bits per heavy atom. The number of allylic oxidation sites excluding steroid dienone is 14. The van der Waals surface area contributed by atoms with E-state index in [1.54, 1.807) is 0 Å². The van der Waals surface area contributed by atoms with Crippen LogP contribution in [0.5, 0.6) is 0 Å². The molecule has 434 valence electrons. The molecular weight excluding hydrogens is 954 g/mol. The highest BCUT2D eigenvalue weighted by molar-refractivity contribution is 7.47. The van der Waals surface area contributed by atoms with Crippen LogP contribution < -0.4 is 5.73 Å². The van der Waals surface area contributed by atoms with E-state index in [-0.39, 0.29) is 38.6 Å². The molecule has 0 amide bonds. The van der Waals surface area contributed by atoms with Gasteiger partial charge in [0.1, 0.15) is 6.61 Å². The second-order valence-electron chi connectivity index (χ2n) is 20.6. The summed E-state index contributed by atoms with van der Waals surface area (Å²) in [7, 11) is -4.38. The number of hydrogen-bond acceptors (Lipinski definition) is 8. The summed E-state index contributed by atoms with van der Waals surface area (Å²) in [4.78, 5) is 35.1. The fraction of sp³-hybridized carbons (Fsp3) is 0.754. The molecule has 0 radical (unpaired) electrons. The summed E-state index contributed by atoms with van der Waals surface area (Å²) < 4.78 is 33.0. The van der Waals surface area contributed by atoms with Crippen LogP contribution in [0.3, 0.4) is 0 Å². The van der Waals surface area contributed by atoms with E-state index in [1.165, 1.54) is 167 Å². The Labute approximate surface area is 462 Å². The van der Waals surface area contributed by atoms with Crippen LogP contribution in [0.4, 0.5) is 0 Å². The summed E-state index contributed by atoms with van der Waals surface area (Å²) in [6.45, 7) is 3.65. The maximum atomic E-state index is 12.7. The molecule has 9 nitrogen and oxygen atoms in total. The Bertz CT molecular complexity index is 1500. The molecule has 0 saturated heterocycles. The van der Waals surface area contributed by atoms with Crippen LogP contribution in [-0.4, -0.2) is 49.3 Å². The Kier molecular flexibility index (Phi) is 58.2. The zero-order valence-corrected chi connectivity index (χ0v) is 49.4. The average molecular weight is 1070 g/mol. The Balaban J connectivity index is 3.79. The minimum atomic E-state index is -4.38. The van der Waals surface area contributed by atoms with Crippen molar-refractivity contribution >= 4 is 19.8 Å². The van der Waals surface area contributed by atoms with Gasteiger partial charge in [-0.25, -0.2) is 4.57 Å². The number of esters is 2. The lowest BCUT2D eigenvalue weighted by atomic mass is 10.0. The lowest BCUT2D eigenvalue weighted by Gasteiger charge is -2.19. The molecule has 0 aromatic carbocycles. The van der Waals surface area contributed by atoms with Crippen LogP contribution in [0.2, 0.25) is 0 Å². The lowest BCUT2D eigenvalue weighted by Crippen LogP contribution is -2.29. The minimum absolute atomic E-state index is 0.0539. The van der Waals surface area contributed by atoms with Crippen molar-refractivity contribution in [2.45, 2.75) is 290 Å². The summed E-state index contributed by atoms with van der Waals surface area (Å²) in [5.74, 6) is -0.817. The highest BCUT2D eigenvalue weighted by Gasteiger charge is 2.26. The van der Waals surface area contributed by atoms with E-state index in [0.717, 1.165) is 83.5 Å². The van der Waals surface area contributed by atoms with Crippen LogP contribution in [0.25, 0.3) is 0 Å². The molecule has 0 aliphatic heterocycles. The number of rotatable bonds is 58. The molecule has 0 saturated carbocycles. The van der Waals surface area contributed by atoms with E-state index in [1.807, 2.05) is 0 Å². The predicted molar refractivity (Wildman–Crippen MR) is 321 cm³/mol. The molecule has 0 aromatic rings. The van der Waals surface area contributed by atoms with Crippen LogP contribution in [0.1, 0.15) is 284 Å². The van der Waals surface area contributed by atoms with Gasteiger partial charge in [0, 0.05) is 19.4 Å². The van der Waals surface area contributed by atoms with Crippen molar-refractivity contribution in [2.24, 2.45) is 5.73 Å². The molecule has 0 rings (SSSR count). The maximum Gasteiger partial charge on any atom is 0.472 e. The molecule has 10 heteroatoms. The summed E-state index contributed by atoms with van der Waals surface area (Å²) >= 11 is 0. The van der Waals surface area contributed by atoms with Gasteiger partial charge in [0.05, 0.1) is 13.2 Å². The molecule has 3 N–H and O–H groups in total. The molecule has 0 aliphatic carbocycles. The number of phosphoric ester groups is 1. The second-order valence-corrected chi connectivity index (χ2v) is 22.0. The van der Waals surface area contributed by atoms with Crippen molar-refractivity contribution in [3.8, 4) is 0 Å². The fourth-order valence-electron chi connectivity index (χ4n) is 8.74. The number of hydrogen-bond donors (Lipinski definition) is 2. The van der Waals surface area contributed by atoms with E-state index in [2.05, 4.69) is 98.9 Å². The van der Waals surface area contributed by atoms with Crippen LogP contribution >= 0.6 is 7.82 Å². The summed E-state index contributed by atoms with van der Waals surface area (Å²) in [6, 6.07) is 0. The number of nitrogens with two attached hydrogens (primary N) is 1. The van der Waals surface area contributed by atoms with E-state index < -0.39 is 26.5 Å². The van der Waals surface area contributed by atoms with Gasteiger partial charge in [-0.2, -0.15) is 0 Å². The quantitative estimate of drug-likeness (QED) is 0.0264. The summed E-state index contributed by atoms with van der Waals surface area (Å²) in [5, 5.41) is 0. The number of carbonyl (C=O) groups excluding carboxylic acids is 2. The molecule has 0 spiro atoms. The van der Waals surface area contributed by atoms with Crippen molar-refractivity contribution in [1.82, 2.24) is 0 Å². The van der Waals surface area contributed by atoms with Gasteiger partial charge >= 0.3 is 19.8 Å². The fourth-order valence-corrected chi connectivity index (χ4v) is 9.50. The molecule has 2 unspecified atom stereocenters. The third-order valence-corrected chi connectivity index (χ3v) is 14.3. The SMILES string of the molecule is CC/C=C\C/C=C\C/C=C\C/C=C\C/C=C\C/C=C\C/C=C\CCCCCCCCCCCCCCCCCCCCCC(=O)OC(COC(=O)CCCCCCCCCCCCCCC)COP(=O)(O)OCCN. The van der Waals surface area contributed by atoms with Crippen molar-refractivity contribution in [3.05, 3.63) is 85.1 Å². The lowest BCUT2D eigenvalue weighted by molar-refractivity contribution is -0.161. The van der Waals surface area contributed by atoms with Gasteiger partial charge in [-0.1, -0.05) is 285 Å². The maximum absolute atomic E-state index is 12.7. The van der Waals surface area contributed by atoms with E-state index >= 15 is 0 Å². The van der Waals surface area contributed by atoms with Gasteiger partial charge in [0.2, 0.25) is 0 Å². The molecular formula is C65H116NO8P. The van der Waals surface area contributed by atoms with Gasteiger partial charge in [0.25, 0.3) is 0 Å². The monoisotopic (exact) mass is 1070 g/mol. The Morgan fingerprint density at radius 3 is 1.09 bits per heavy atom. The second kappa shape index (κ2) is 60.4. The first-order valence-corrected chi connectivity index (χ1v) is 32.6.